The van der Waals surface area contributed by atoms with Crippen LogP contribution in [0, 0.1) is 5.92 Å². The zero-order valence-electron chi connectivity index (χ0n) is 11.7. The van der Waals surface area contributed by atoms with Crippen LogP contribution in [0.3, 0.4) is 0 Å². The maximum Gasteiger partial charge on any atom is 0.0255 e. The average molecular weight is 243 g/mol. The van der Waals surface area contributed by atoms with E-state index >= 15 is 0 Å². The van der Waals surface area contributed by atoms with E-state index < -0.39 is 0 Å². The molecule has 1 nitrogen and oxygen atoms in total. The summed E-state index contributed by atoms with van der Waals surface area (Å²) >= 11 is 0. The van der Waals surface area contributed by atoms with Gasteiger partial charge in [-0.15, -0.1) is 0 Å². The summed E-state index contributed by atoms with van der Waals surface area (Å²) in [6, 6.07) is 9.45. The van der Waals surface area contributed by atoms with Crippen LogP contribution in [0.1, 0.15) is 44.2 Å². The minimum atomic E-state index is 0.564. The summed E-state index contributed by atoms with van der Waals surface area (Å²) in [5.41, 5.74) is 2.72. The molecule has 1 heterocycles. The van der Waals surface area contributed by atoms with E-state index in [1.807, 2.05) is 0 Å². The Bertz CT molecular complexity index is 377. The third kappa shape index (κ3) is 3.71. The lowest BCUT2D eigenvalue weighted by atomic mass is 9.90. The van der Waals surface area contributed by atoms with Crippen LogP contribution in [0.2, 0.25) is 0 Å². The summed E-state index contributed by atoms with van der Waals surface area (Å²) in [5.74, 6) is 0.906. The number of aryl methyl sites for hydroxylation is 1. The first-order valence-electron chi connectivity index (χ1n) is 7.32. The van der Waals surface area contributed by atoms with Crippen LogP contribution >= 0.6 is 0 Å². The summed E-state index contributed by atoms with van der Waals surface area (Å²) in [6.07, 6.45) is 9.66. The van der Waals surface area contributed by atoms with Crippen LogP contribution in [0.4, 0.5) is 0 Å². The highest BCUT2D eigenvalue weighted by Crippen LogP contribution is 2.20. The number of hydrogen-bond acceptors (Lipinski definition) is 1. The Balaban J connectivity index is 1.92. The van der Waals surface area contributed by atoms with E-state index in [0.29, 0.717) is 6.04 Å². The van der Waals surface area contributed by atoms with Crippen molar-refractivity contribution in [2.75, 3.05) is 6.54 Å². The first kappa shape index (κ1) is 13.4. The third-order valence-corrected chi connectivity index (χ3v) is 4.03. The van der Waals surface area contributed by atoms with Gasteiger partial charge in [0.15, 0.2) is 0 Å². The van der Waals surface area contributed by atoms with Crippen molar-refractivity contribution in [1.82, 2.24) is 5.32 Å². The zero-order chi connectivity index (χ0) is 12.8. The molecular weight excluding hydrogens is 218 g/mol. The van der Waals surface area contributed by atoms with Crippen molar-refractivity contribution in [1.29, 1.82) is 0 Å². The van der Waals surface area contributed by atoms with E-state index in [-0.39, 0.29) is 0 Å². The molecule has 2 unspecified atom stereocenters. The predicted molar refractivity (Wildman–Crippen MR) is 79.7 cm³/mol. The molecule has 1 saturated heterocycles. The third-order valence-electron chi connectivity index (χ3n) is 4.03. The Hall–Kier alpha value is -1.08. The predicted octanol–water partition coefficient (Wildman–Crippen LogP) is 4.04. The second-order valence-corrected chi connectivity index (χ2v) is 5.31. The Kier molecular flexibility index (Phi) is 5.00. The normalized spacial score (nSPS) is 24.6. The largest absolute Gasteiger partial charge is 0.310 e. The van der Waals surface area contributed by atoms with Crippen LogP contribution in [0.25, 0.3) is 6.08 Å². The molecule has 1 aliphatic heterocycles. The molecule has 0 bridgehead atoms. The molecule has 1 fully saturated rings. The fourth-order valence-corrected chi connectivity index (χ4v) is 2.64. The molecule has 1 aliphatic rings. The van der Waals surface area contributed by atoms with Crippen molar-refractivity contribution in [3.05, 3.63) is 41.5 Å². The van der Waals surface area contributed by atoms with Gasteiger partial charge in [-0.3, -0.25) is 0 Å². The number of nitrogens with one attached hydrogen (secondary N) is 1. The molecule has 2 atom stereocenters. The Labute approximate surface area is 111 Å². The van der Waals surface area contributed by atoms with E-state index in [0.717, 1.165) is 12.3 Å². The summed E-state index contributed by atoms with van der Waals surface area (Å²) < 4.78 is 0. The molecule has 1 heteroatoms. The highest BCUT2D eigenvalue weighted by Gasteiger charge is 2.17. The maximum absolute atomic E-state index is 3.59. The molecule has 1 aromatic rings. The monoisotopic (exact) mass is 243 g/mol. The van der Waals surface area contributed by atoms with Gasteiger partial charge in [-0.25, -0.2) is 0 Å². The first-order valence-corrected chi connectivity index (χ1v) is 7.32. The summed E-state index contributed by atoms with van der Waals surface area (Å²) in [4.78, 5) is 0. The van der Waals surface area contributed by atoms with Crippen molar-refractivity contribution >= 4 is 6.08 Å². The second kappa shape index (κ2) is 6.75. The zero-order valence-corrected chi connectivity index (χ0v) is 11.7. The first-order chi connectivity index (χ1) is 8.81. The van der Waals surface area contributed by atoms with Gasteiger partial charge in [-0.1, -0.05) is 56.7 Å². The van der Waals surface area contributed by atoms with Crippen LogP contribution in [-0.4, -0.2) is 12.6 Å². The number of piperidine rings is 1. The molecule has 18 heavy (non-hydrogen) atoms. The van der Waals surface area contributed by atoms with E-state index in [1.165, 1.54) is 36.9 Å². The Morgan fingerprint density at radius 1 is 1.22 bits per heavy atom. The molecule has 1 aromatic carbocycles. The van der Waals surface area contributed by atoms with Gasteiger partial charge in [-0.2, -0.15) is 0 Å². The summed E-state index contributed by atoms with van der Waals surface area (Å²) in [6.45, 7) is 5.67. The molecular formula is C17H25N. The Morgan fingerprint density at radius 2 is 2.00 bits per heavy atom. The fourth-order valence-electron chi connectivity index (χ4n) is 2.64. The molecule has 0 radical (unpaired) electrons. The number of benzene rings is 1. The van der Waals surface area contributed by atoms with Crippen LogP contribution < -0.4 is 5.32 Å². The Morgan fingerprint density at radius 3 is 2.67 bits per heavy atom. The SMILES string of the molecule is CCc1ccc(/C=C/C2CC(CC)CCN2)cc1. The van der Waals surface area contributed by atoms with E-state index in [9.17, 15) is 0 Å². The molecule has 0 saturated carbocycles. The summed E-state index contributed by atoms with van der Waals surface area (Å²) in [7, 11) is 0. The molecule has 0 aliphatic carbocycles. The van der Waals surface area contributed by atoms with Crippen molar-refractivity contribution in [3.63, 3.8) is 0 Å². The van der Waals surface area contributed by atoms with Crippen molar-refractivity contribution in [3.8, 4) is 0 Å². The second-order valence-electron chi connectivity index (χ2n) is 5.31. The topological polar surface area (TPSA) is 12.0 Å². The minimum absolute atomic E-state index is 0.564. The average Bonchev–Trinajstić information content (AvgIpc) is 2.46. The quantitative estimate of drug-likeness (QED) is 0.841. The van der Waals surface area contributed by atoms with Gasteiger partial charge in [0.1, 0.15) is 0 Å². The van der Waals surface area contributed by atoms with E-state index in [4.69, 9.17) is 0 Å². The van der Waals surface area contributed by atoms with Gasteiger partial charge in [0.2, 0.25) is 0 Å². The number of rotatable bonds is 4. The molecule has 98 valence electrons. The van der Waals surface area contributed by atoms with Gasteiger partial charge in [0.25, 0.3) is 0 Å². The van der Waals surface area contributed by atoms with E-state index in [2.05, 4.69) is 55.6 Å². The van der Waals surface area contributed by atoms with E-state index in [1.54, 1.807) is 0 Å². The van der Waals surface area contributed by atoms with Gasteiger partial charge >= 0.3 is 0 Å². The molecule has 0 aromatic heterocycles. The van der Waals surface area contributed by atoms with Gasteiger partial charge in [0.05, 0.1) is 0 Å². The smallest absolute Gasteiger partial charge is 0.0255 e. The van der Waals surface area contributed by atoms with Crippen molar-refractivity contribution < 1.29 is 0 Å². The number of hydrogen-bond donors (Lipinski definition) is 1. The highest BCUT2D eigenvalue weighted by atomic mass is 14.9. The molecule has 0 amide bonds. The fraction of sp³-hybridized carbons (Fsp3) is 0.529. The van der Waals surface area contributed by atoms with Crippen molar-refractivity contribution in [2.24, 2.45) is 5.92 Å². The van der Waals surface area contributed by atoms with Crippen molar-refractivity contribution in [2.45, 2.75) is 45.6 Å². The van der Waals surface area contributed by atoms with Crippen LogP contribution in [0.5, 0.6) is 0 Å². The lowest BCUT2D eigenvalue weighted by Crippen LogP contribution is -2.36. The summed E-state index contributed by atoms with van der Waals surface area (Å²) in [5, 5.41) is 3.59. The lowest BCUT2D eigenvalue weighted by molar-refractivity contribution is 0.326. The minimum Gasteiger partial charge on any atom is -0.310 e. The van der Waals surface area contributed by atoms with Gasteiger partial charge in [0, 0.05) is 6.04 Å². The van der Waals surface area contributed by atoms with Crippen LogP contribution in [0.15, 0.2) is 30.3 Å². The van der Waals surface area contributed by atoms with Gasteiger partial charge < -0.3 is 5.32 Å². The standard InChI is InChI=1S/C17H25N/c1-3-14-5-7-16(8-6-14)9-10-17-13-15(4-2)11-12-18-17/h5-10,15,17-18H,3-4,11-13H2,1-2H3/b10-9+. The highest BCUT2D eigenvalue weighted by molar-refractivity contribution is 5.50. The maximum atomic E-state index is 3.59. The molecule has 1 N–H and O–H groups in total. The van der Waals surface area contributed by atoms with Crippen LogP contribution in [-0.2, 0) is 6.42 Å². The molecule has 2 rings (SSSR count). The van der Waals surface area contributed by atoms with Gasteiger partial charge in [-0.05, 0) is 42.9 Å². The molecule has 0 spiro atoms. The lowest BCUT2D eigenvalue weighted by Gasteiger charge is -2.27.